The Hall–Kier alpha value is -3.78. The van der Waals surface area contributed by atoms with Gasteiger partial charge in [-0.2, -0.15) is 15.0 Å². The SMILES string of the molecule is CC(C)(C)OC(=O)N1CCN(c2nc(N3CCN(C(=O)OC(C)(C)C)CC3)nc(N3CCN(C(=O)OC(C)(C)C)CC3)n2)CC1. The highest BCUT2D eigenvalue weighted by Gasteiger charge is 2.32. The maximum atomic E-state index is 12.6. The van der Waals surface area contributed by atoms with Crippen LogP contribution in [0.2, 0.25) is 0 Å². The lowest BCUT2D eigenvalue weighted by Crippen LogP contribution is -2.52. The molecule has 3 fully saturated rings. The van der Waals surface area contributed by atoms with E-state index in [1.807, 2.05) is 62.3 Å². The van der Waals surface area contributed by atoms with Gasteiger partial charge in [0.25, 0.3) is 0 Å². The van der Waals surface area contributed by atoms with Crippen molar-refractivity contribution in [1.29, 1.82) is 0 Å². The second-order valence-corrected chi connectivity index (χ2v) is 14.6. The third-order valence-electron chi connectivity index (χ3n) is 7.24. The number of ether oxygens (including phenoxy) is 3. The van der Waals surface area contributed by atoms with Crippen LogP contribution in [0.1, 0.15) is 62.3 Å². The summed E-state index contributed by atoms with van der Waals surface area (Å²) in [6.45, 7) is 22.9. The van der Waals surface area contributed by atoms with Crippen LogP contribution in [0.15, 0.2) is 0 Å². The van der Waals surface area contributed by atoms with Crippen molar-refractivity contribution < 1.29 is 28.6 Å². The Morgan fingerprint density at radius 1 is 0.422 bits per heavy atom. The molecule has 1 aromatic heterocycles. The molecule has 15 nitrogen and oxygen atoms in total. The van der Waals surface area contributed by atoms with E-state index >= 15 is 0 Å². The summed E-state index contributed by atoms with van der Waals surface area (Å²) < 4.78 is 16.7. The Morgan fingerprint density at radius 3 is 0.800 bits per heavy atom. The van der Waals surface area contributed by atoms with Gasteiger partial charge in [0, 0.05) is 78.5 Å². The number of piperazine rings is 3. The molecule has 252 valence electrons. The van der Waals surface area contributed by atoms with Crippen LogP contribution in [-0.4, -0.2) is 143 Å². The van der Waals surface area contributed by atoms with Crippen molar-refractivity contribution in [2.45, 2.75) is 79.1 Å². The first kappa shape index (κ1) is 34.1. The molecular weight excluding hydrogens is 582 g/mol. The standard InChI is InChI=1S/C30H51N9O6/c1-28(2,3)43-25(40)37-16-10-34(11-17-37)22-31-23(35-12-18-38(19-13-35)26(41)44-29(4,5)6)33-24(32-22)36-14-20-39(21-15-36)27(42)45-30(7,8)9/h10-21H2,1-9H3. The van der Waals surface area contributed by atoms with Crippen LogP contribution in [0.5, 0.6) is 0 Å². The van der Waals surface area contributed by atoms with Crippen molar-refractivity contribution >= 4 is 36.1 Å². The fraction of sp³-hybridized carbons (Fsp3) is 0.800. The molecule has 0 spiro atoms. The van der Waals surface area contributed by atoms with E-state index in [1.165, 1.54) is 0 Å². The Labute approximate surface area is 266 Å². The summed E-state index contributed by atoms with van der Waals surface area (Å²) >= 11 is 0. The van der Waals surface area contributed by atoms with Crippen LogP contribution < -0.4 is 14.7 Å². The zero-order valence-electron chi connectivity index (χ0n) is 28.5. The zero-order valence-corrected chi connectivity index (χ0v) is 28.5. The molecule has 0 aromatic carbocycles. The highest BCUT2D eigenvalue weighted by molar-refractivity contribution is 5.69. The minimum absolute atomic E-state index is 0.329. The average Bonchev–Trinajstić information content (AvgIpc) is 2.94. The molecule has 0 atom stereocenters. The third-order valence-corrected chi connectivity index (χ3v) is 7.24. The van der Waals surface area contributed by atoms with Gasteiger partial charge >= 0.3 is 18.3 Å². The molecule has 0 unspecified atom stereocenters. The van der Waals surface area contributed by atoms with E-state index in [9.17, 15) is 14.4 Å². The molecule has 3 saturated heterocycles. The van der Waals surface area contributed by atoms with E-state index in [1.54, 1.807) is 14.7 Å². The second kappa shape index (κ2) is 13.3. The van der Waals surface area contributed by atoms with Crippen LogP contribution in [0, 0.1) is 0 Å². The minimum Gasteiger partial charge on any atom is -0.444 e. The largest absolute Gasteiger partial charge is 0.444 e. The number of carbonyl (C=O) groups is 3. The maximum absolute atomic E-state index is 12.6. The molecule has 0 radical (unpaired) electrons. The van der Waals surface area contributed by atoms with E-state index in [0.29, 0.717) is 96.4 Å². The Bertz CT molecular complexity index is 1040. The van der Waals surface area contributed by atoms with Crippen molar-refractivity contribution in [2.24, 2.45) is 0 Å². The molecule has 0 bridgehead atoms. The molecule has 3 aliphatic heterocycles. The quantitative estimate of drug-likeness (QED) is 0.453. The number of amides is 3. The lowest BCUT2D eigenvalue weighted by Gasteiger charge is -2.38. The molecular formula is C30H51N9O6. The van der Waals surface area contributed by atoms with Gasteiger partial charge in [0.15, 0.2) is 0 Å². The molecule has 0 N–H and O–H groups in total. The number of rotatable bonds is 3. The van der Waals surface area contributed by atoms with Gasteiger partial charge < -0.3 is 43.6 Å². The highest BCUT2D eigenvalue weighted by Crippen LogP contribution is 2.24. The van der Waals surface area contributed by atoms with Gasteiger partial charge in [-0.05, 0) is 62.3 Å². The normalized spacial score (nSPS) is 18.6. The summed E-state index contributed by atoms with van der Waals surface area (Å²) in [4.78, 5) is 63.8. The van der Waals surface area contributed by atoms with Gasteiger partial charge in [0.05, 0.1) is 0 Å². The van der Waals surface area contributed by atoms with E-state index in [0.717, 1.165) is 0 Å². The van der Waals surface area contributed by atoms with Crippen molar-refractivity contribution in [2.75, 3.05) is 93.2 Å². The van der Waals surface area contributed by atoms with Gasteiger partial charge in [-0.25, -0.2) is 14.4 Å². The fourth-order valence-electron chi connectivity index (χ4n) is 5.01. The molecule has 0 saturated carbocycles. The van der Waals surface area contributed by atoms with Gasteiger partial charge in [-0.1, -0.05) is 0 Å². The van der Waals surface area contributed by atoms with Gasteiger partial charge in [0.2, 0.25) is 17.8 Å². The maximum Gasteiger partial charge on any atom is 0.410 e. The number of anilines is 3. The first-order valence-electron chi connectivity index (χ1n) is 15.8. The van der Waals surface area contributed by atoms with E-state index < -0.39 is 16.8 Å². The second-order valence-electron chi connectivity index (χ2n) is 14.6. The lowest BCUT2D eigenvalue weighted by atomic mass is 10.2. The molecule has 4 heterocycles. The Kier molecular flexibility index (Phi) is 10.1. The Morgan fingerprint density at radius 2 is 0.622 bits per heavy atom. The molecule has 15 heteroatoms. The van der Waals surface area contributed by atoms with Crippen LogP contribution in [0.3, 0.4) is 0 Å². The molecule has 0 aliphatic carbocycles. The lowest BCUT2D eigenvalue weighted by molar-refractivity contribution is 0.0230. The van der Waals surface area contributed by atoms with Crippen LogP contribution in [-0.2, 0) is 14.2 Å². The smallest absolute Gasteiger partial charge is 0.410 e. The molecule has 4 rings (SSSR count). The zero-order chi connectivity index (χ0) is 33.2. The Balaban J connectivity index is 1.49. The number of hydrogen-bond acceptors (Lipinski definition) is 12. The number of carbonyl (C=O) groups excluding carboxylic acids is 3. The summed E-state index contributed by atoms with van der Waals surface area (Å²) in [6.07, 6.45) is -0.986. The summed E-state index contributed by atoms with van der Waals surface area (Å²) in [5.41, 5.74) is -1.69. The summed E-state index contributed by atoms with van der Waals surface area (Å²) in [6, 6.07) is 0. The predicted molar refractivity (Wildman–Crippen MR) is 170 cm³/mol. The topological polar surface area (TPSA) is 137 Å². The van der Waals surface area contributed by atoms with E-state index in [2.05, 4.69) is 14.7 Å². The average molecular weight is 634 g/mol. The monoisotopic (exact) mass is 633 g/mol. The summed E-state index contributed by atoms with van der Waals surface area (Å²) in [5, 5.41) is 0. The van der Waals surface area contributed by atoms with Crippen molar-refractivity contribution in [3.05, 3.63) is 0 Å². The van der Waals surface area contributed by atoms with E-state index in [4.69, 9.17) is 29.2 Å². The van der Waals surface area contributed by atoms with Crippen molar-refractivity contribution in [3.8, 4) is 0 Å². The number of nitrogens with zero attached hydrogens (tertiary/aromatic N) is 9. The molecule has 3 aliphatic rings. The molecule has 45 heavy (non-hydrogen) atoms. The van der Waals surface area contributed by atoms with Gasteiger partial charge in [-0.15, -0.1) is 0 Å². The van der Waals surface area contributed by atoms with Gasteiger partial charge in [0.1, 0.15) is 16.8 Å². The van der Waals surface area contributed by atoms with Crippen molar-refractivity contribution in [3.63, 3.8) is 0 Å². The number of aromatic nitrogens is 3. The number of hydrogen-bond donors (Lipinski definition) is 0. The molecule has 1 aromatic rings. The fourth-order valence-corrected chi connectivity index (χ4v) is 5.01. The van der Waals surface area contributed by atoms with E-state index in [-0.39, 0.29) is 18.3 Å². The highest BCUT2D eigenvalue weighted by atomic mass is 16.6. The molecule has 3 amide bonds. The van der Waals surface area contributed by atoms with Crippen LogP contribution in [0.25, 0.3) is 0 Å². The first-order valence-corrected chi connectivity index (χ1v) is 15.8. The van der Waals surface area contributed by atoms with Gasteiger partial charge in [-0.3, -0.25) is 0 Å². The minimum atomic E-state index is -0.562. The van der Waals surface area contributed by atoms with Crippen molar-refractivity contribution in [1.82, 2.24) is 29.7 Å². The third kappa shape index (κ3) is 9.85. The summed E-state index contributed by atoms with van der Waals surface area (Å²) in [5.74, 6) is 1.59. The van der Waals surface area contributed by atoms with Crippen LogP contribution >= 0.6 is 0 Å². The predicted octanol–water partition coefficient (Wildman–Crippen LogP) is 3.04. The first-order chi connectivity index (χ1) is 20.9. The van der Waals surface area contributed by atoms with Crippen LogP contribution in [0.4, 0.5) is 32.2 Å². The summed E-state index contributed by atoms with van der Waals surface area (Å²) in [7, 11) is 0.